The number of benzene rings is 1. The first-order chi connectivity index (χ1) is 13.8. The fourth-order valence-electron chi connectivity index (χ4n) is 3.34. The molecule has 3 rings (SSSR count). The molecule has 0 atom stereocenters. The molecule has 0 bridgehead atoms. The maximum absolute atomic E-state index is 12.2. The lowest BCUT2D eigenvalue weighted by Crippen LogP contribution is -2.45. The van der Waals surface area contributed by atoms with Gasteiger partial charge in [0.25, 0.3) is 0 Å². The van der Waals surface area contributed by atoms with E-state index in [2.05, 4.69) is 15.6 Å². The van der Waals surface area contributed by atoms with Gasteiger partial charge < -0.3 is 29.7 Å². The fourth-order valence-corrected chi connectivity index (χ4v) is 3.34. The molecule has 0 aliphatic carbocycles. The zero-order valence-corrected chi connectivity index (χ0v) is 20.5. The van der Waals surface area contributed by atoms with E-state index in [1.165, 1.54) is 0 Å². The monoisotopic (exact) mass is 532 g/mol. The normalized spacial score (nSPS) is 16.7. The summed E-state index contributed by atoms with van der Waals surface area (Å²) in [6, 6.07) is 5.92. The SMILES string of the molecule is CN=C(NCc1ccc2c(c1)OCO2)NCC1CCN(C(=O)OC(C)(C)C)CC1.I. The highest BCUT2D eigenvalue weighted by Gasteiger charge is 2.26. The molecule has 2 aliphatic rings. The van der Waals surface area contributed by atoms with Gasteiger partial charge in [0.05, 0.1) is 0 Å². The lowest BCUT2D eigenvalue weighted by molar-refractivity contribution is 0.0185. The summed E-state index contributed by atoms with van der Waals surface area (Å²) in [5.41, 5.74) is 0.647. The van der Waals surface area contributed by atoms with Crippen LogP contribution in [0.5, 0.6) is 11.5 Å². The second-order valence-electron chi connectivity index (χ2n) is 8.41. The molecule has 0 aromatic heterocycles. The Bertz CT molecular complexity index is 743. The second-order valence-corrected chi connectivity index (χ2v) is 8.41. The van der Waals surface area contributed by atoms with Crippen molar-refractivity contribution in [2.45, 2.75) is 45.8 Å². The molecule has 1 aromatic carbocycles. The molecule has 2 aliphatic heterocycles. The molecule has 1 amide bonds. The summed E-state index contributed by atoms with van der Waals surface area (Å²) < 4.78 is 16.2. The summed E-state index contributed by atoms with van der Waals surface area (Å²) in [6.45, 7) is 8.88. The second kappa shape index (κ2) is 10.9. The molecule has 0 spiro atoms. The van der Waals surface area contributed by atoms with Crippen molar-refractivity contribution in [3.05, 3.63) is 23.8 Å². The third kappa shape index (κ3) is 7.10. The van der Waals surface area contributed by atoms with Crippen molar-refractivity contribution in [2.24, 2.45) is 10.9 Å². The molecule has 1 saturated heterocycles. The number of aliphatic imine (C=N–C) groups is 1. The number of amides is 1. The van der Waals surface area contributed by atoms with Crippen LogP contribution in [-0.4, -0.2) is 56.0 Å². The minimum Gasteiger partial charge on any atom is -0.454 e. The van der Waals surface area contributed by atoms with Crippen molar-refractivity contribution in [2.75, 3.05) is 33.5 Å². The number of ether oxygens (including phenoxy) is 3. The molecule has 2 N–H and O–H groups in total. The van der Waals surface area contributed by atoms with Crippen LogP contribution < -0.4 is 20.1 Å². The van der Waals surface area contributed by atoms with Crippen LogP contribution in [-0.2, 0) is 11.3 Å². The largest absolute Gasteiger partial charge is 0.454 e. The lowest BCUT2D eigenvalue weighted by Gasteiger charge is -2.33. The molecular formula is C21H33IN4O4. The molecule has 0 unspecified atom stereocenters. The molecular weight excluding hydrogens is 499 g/mol. The molecule has 8 nitrogen and oxygen atoms in total. The molecule has 1 fully saturated rings. The maximum Gasteiger partial charge on any atom is 0.410 e. The first-order valence-corrected chi connectivity index (χ1v) is 10.1. The Balaban J connectivity index is 0.00000320. The van der Waals surface area contributed by atoms with Gasteiger partial charge in [-0.15, -0.1) is 24.0 Å². The van der Waals surface area contributed by atoms with Gasteiger partial charge in [-0.2, -0.15) is 0 Å². The number of rotatable bonds is 4. The topological polar surface area (TPSA) is 84.4 Å². The quantitative estimate of drug-likeness (QED) is 0.352. The Morgan fingerprint density at radius 3 is 2.57 bits per heavy atom. The van der Waals surface area contributed by atoms with E-state index in [0.717, 1.165) is 55.5 Å². The predicted octanol–water partition coefficient (Wildman–Crippen LogP) is 3.35. The van der Waals surface area contributed by atoms with Crippen molar-refractivity contribution >= 4 is 36.0 Å². The minimum atomic E-state index is -0.453. The van der Waals surface area contributed by atoms with Crippen LogP contribution in [0.2, 0.25) is 0 Å². The van der Waals surface area contributed by atoms with Crippen LogP contribution in [0.3, 0.4) is 0 Å². The zero-order valence-electron chi connectivity index (χ0n) is 18.2. The van der Waals surface area contributed by atoms with Gasteiger partial charge in [0.15, 0.2) is 17.5 Å². The van der Waals surface area contributed by atoms with Crippen LogP contribution >= 0.6 is 24.0 Å². The number of halogens is 1. The highest BCUT2D eigenvalue weighted by molar-refractivity contribution is 14.0. The van der Waals surface area contributed by atoms with E-state index in [1.807, 2.05) is 39.0 Å². The van der Waals surface area contributed by atoms with Gasteiger partial charge in [-0.1, -0.05) is 6.07 Å². The smallest absolute Gasteiger partial charge is 0.410 e. The predicted molar refractivity (Wildman–Crippen MR) is 127 cm³/mol. The lowest BCUT2D eigenvalue weighted by atomic mass is 9.97. The summed E-state index contributed by atoms with van der Waals surface area (Å²) in [5, 5.41) is 6.72. The third-order valence-corrected chi connectivity index (χ3v) is 4.94. The number of likely N-dealkylation sites (tertiary alicyclic amines) is 1. The van der Waals surface area contributed by atoms with Crippen molar-refractivity contribution in [3.63, 3.8) is 0 Å². The molecule has 2 heterocycles. The summed E-state index contributed by atoms with van der Waals surface area (Å²) in [7, 11) is 1.76. The molecule has 168 valence electrons. The van der Waals surface area contributed by atoms with E-state index in [-0.39, 0.29) is 36.9 Å². The first-order valence-electron chi connectivity index (χ1n) is 10.1. The number of carbonyl (C=O) groups excluding carboxylic acids is 1. The standard InChI is InChI=1S/C21H32N4O4.HI/c1-21(2,3)29-20(26)25-9-7-15(8-10-25)12-23-19(22-4)24-13-16-5-6-17-18(11-16)28-14-27-17;/h5-6,11,15H,7-10,12-14H2,1-4H3,(H2,22,23,24);1H. The van der Waals surface area contributed by atoms with Gasteiger partial charge in [-0.25, -0.2) is 4.79 Å². The van der Waals surface area contributed by atoms with Crippen LogP contribution in [0, 0.1) is 5.92 Å². The van der Waals surface area contributed by atoms with Crippen molar-refractivity contribution in [1.29, 1.82) is 0 Å². The Morgan fingerprint density at radius 2 is 1.90 bits per heavy atom. The Morgan fingerprint density at radius 1 is 1.20 bits per heavy atom. The van der Waals surface area contributed by atoms with E-state index in [0.29, 0.717) is 12.5 Å². The van der Waals surface area contributed by atoms with E-state index in [4.69, 9.17) is 14.2 Å². The average molecular weight is 532 g/mol. The van der Waals surface area contributed by atoms with E-state index >= 15 is 0 Å². The minimum absolute atomic E-state index is 0. The van der Waals surface area contributed by atoms with Crippen molar-refractivity contribution in [1.82, 2.24) is 15.5 Å². The van der Waals surface area contributed by atoms with Crippen LogP contribution in [0.1, 0.15) is 39.2 Å². The first kappa shape index (κ1) is 24.4. The van der Waals surface area contributed by atoms with E-state index in [1.54, 1.807) is 11.9 Å². The van der Waals surface area contributed by atoms with Gasteiger partial charge in [0, 0.05) is 33.2 Å². The number of piperidine rings is 1. The van der Waals surface area contributed by atoms with Gasteiger partial charge in [-0.3, -0.25) is 4.99 Å². The van der Waals surface area contributed by atoms with Crippen molar-refractivity contribution in [3.8, 4) is 11.5 Å². The van der Waals surface area contributed by atoms with Gasteiger partial charge in [-0.05, 0) is 57.2 Å². The van der Waals surface area contributed by atoms with Crippen LogP contribution in [0.25, 0.3) is 0 Å². The summed E-state index contributed by atoms with van der Waals surface area (Å²) >= 11 is 0. The molecule has 30 heavy (non-hydrogen) atoms. The maximum atomic E-state index is 12.2. The summed E-state index contributed by atoms with van der Waals surface area (Å²) in [4.78, 5) is 18.3. The van der Waals surface area contributed by atoms with Crippen LogP contribution in [0.4, 0.5) is 4.79 Å². The van der Waals surface area contributed by atoms with Crippen LogP contribution in [0.15, 0.2) is 23.2 Å². The third-order valence-electron chi connectivity index (χ3n) is 4.94. The Labute approximate surface area is 195 Å². The van der Waals surface area contributed by atoms with Gasteiger partial charge in [0.2, 0.25) is 6.79 Å². The number of guanidine groups is 1. The highest BCUT2D eigenvalue weighted by Crippen LogP contribution is 2.32. The zero-order chi connectivity index (χ0) is 20.9. The Hall–Kier alpha value is -1.91. The van der Waals surface area contributed by atoms with Crippen molar-refractivity contribution < 1.29 is 19.0 Å². The van der Waals surface area contributed by atoms with Gasteiger partial charge >= 0.3 is 6.09 Å². The molecule has 0 saturated carbocycles. The molecule has 1 aromatic rings. The Kier molecular flexibility index (Phi) is 8.87. The number of nitrogens with one attached hydrogen (secondary N) is 2. The summed E-state index contributed by atoms with van der Waals surface area (Å²) in [5.74, 6) is 2.83. The van der Waals surface area contributed by atoms with Gasteiger partial charge in [0.1, 0.15) is 5.60 Å². The number of carbonyl (C=O) groups is 1. The summed E-state index contributed by atoms with van der Waals surface area (Å²) in [6.07, 6.45) is 1.68. The van der Waals surface area contributed by atoms with E-state index < -0.39 is 5.60 Å². The number of fused-ring (bicyclic) bond motifs is 1. The number of hydrogen-bond donors (Lipinski definition) is 2. The number of hydrogen-bond acceptors (Lipinski definition) is 5. The van der Waals surface area contributed by atoms with E-state index in [9.17, 15) is 4.79 Å². The molecule has 0 radical (unpaired) electrons. The number of nitrogens with zero attached hydrogens (tertiary/aromatic N) is 2. The highest BCUT2D eigenvalue weighted by atomic mass is 127. The average Bonchev–Trinajstić information content (AvgIpc) is 3.15. The molecule has 9 heteroatoms. The fraction of sp³-hybridized carbons (Fsp3) is 0.619.